The van der Waals surface area contributed by atoms with Gasteiger partial charge in [0, 0.05) is 43.9 Å². The molecule has 0 atom stereocenters. The number of allylic oxidation sites excluding steroid dienone is 1. The quantitative estimate of drug-likeness (QED) is 0.345. The maximum absolute atomic E-state index is 13.4. The monoisotopic (exact) mass is 596 g/mol. The molecule has 6 rings (SSSR count). The van der Waals surface area contributed by atoms with E-state index in [1.54, 1.807) is 16.7 Å². The summed E-state index contributed by atoms with van der Waals surface area (Å²) in [6.07, 6.45) is 12.1. The molecule has 2 N–H and O–H groups in total. The Hall–Kier alpha value is -3.82. The molecule has 0 radical (unpaired) electrons. The molecule has 44 heavy (non-hydrogen) atoms. The lowest BCUT2D eigenvalue weighted by Gasteiger charge is -2.26. The molecule has 3 aliphatic heterocycles. The van der Waals surface area contributed by atoms with Crippen molar-refractivity contribution in [2.45, 2.75) is 70.8 Å². The molecule has 0 saturated carbocycles. The number of aromatic nitrogens is 2. The third-order valence-corrected chi connectivity index (χ3v) is 9.10. The van der Waals surface area contributed by atoms with E-state index in [4.69, 9.17) is 4.98 Å². The number of carbonyl (C=O) groups is 2. The van der Waals surface area contributed by atoms with E-state index in [0.29, 0.717) is 41.8 Å². The van der Waals surface area contributed by atoms with Crippen molar-refractivity contribution >= 4 is 45.7 Å². The minimum absolute atomic E-state index is 0.0215. The van der Waals surface area contributed by atoms with Gasteiger partial charge in [0.1, 0.15) is 5.82 Å². The zero-order chi connectivity index (χ0) is 30.3. The van der Waals surface area contributed by atoms with Gasteiger partial charge in [-0.2, -0.15) is 0 Å². The molecule has 232 valence electrons. The van der Waals surface area contributed by atoms with Crippen LogP contribution in [0.3, 0.4) is 0 Å². The summed E-state index contributed by atoms with van der Waals surface area (Å²) < 4.78 is 1.77. The Balaban J connectivity index is 1.12. The van der Waals surface area contributed by atoms with Crippen LogP contribution in [0.2, 0.25) is 0 Å². The summed E-state index contributed by atoms with van der Waals surface area (Å²) in [5.41, 5.74) is 3.97. The Labute approximate surface area is 259 Å². The van der Waals surface area contributed by atoms with E-state index in [1.165, 1.54) is 38.5 Å². The molecule has 2 saturated heterocycles. The fraction of sp³-hybridized carbons (Fsp3) is 0.486. The second-order valence-electron chi connectivity index (χ2n) is 12.4. The molecule has 2 aromatic carbocycles. The molecule has 9 heteroatoms. The van der Waals surface area contributed by atoms with Crippen molar-refractivity contribution in [3.05, 3.63) is 64.2 Å². The third kappa shape index (κ3) is 7.63. The first-order valence-electron chi connectivity index (χ1n) is 16.4. The fourth-order valence-electron chi connectivity index (χ4n) is 6.62. The molecular weight excluding hydrogens is 552 g/mol. The third-order valence-electron chi connectivity index (χ3n) is 9.10. The highest BCUT2D eigenvalue weighted by molar-refractivity contribution is 5.94. The van der Waals surface area contributed by atoms with Crippen LogP contribution in [0.15, 0.2) is 47.3 Å². The first-order chi connectivity index (χ1) is 21.5. The molecule has 2 amide bonds. The van der Waals surface area contributed by atoms with Crippen molar-refractivity contribution < 1.29 is 9.59 Å². The molecule has 3 aliphatic rings. The first kappa shape index (κ1) is 30.2. The predicted molar refractivity (Wildman–Crippen MR) is 177 cm³/mol. The lowest BCUT2D eigenvalue weighted by atomic mass is 10.0. The van der Waals surface area contributed by atoms with Crippen LogP contribution in [0.4, 0.5) is 11.4 Å². The molecule has 2 fully saturated rings. The average molecular weight is 597 g/mol. The highest BCUT2D eigenvalue weighted by Gasteiger charge is 2.20. The number of amides is 2. The topological polar surface area (TPSA) is 99.6 Å². The van der Waals surface area contributed by atoms with Gasteiger partial charge >= 0.3 is 0 Å². The van der Waals surface area contributed by atoms with E-state index in [-0.39, 0.29) is 17.4 Å². The summed E-state index contributed by atoms with van der Waals surface area (Å²) in [6.45, 7) is 6.53. The minimum Gasteiger partial charge on any atom is -0.326 e. The lowest BCUT2D eigenvalue weighted by Crippen LogP contribution is -2.32. The van der Waals surface area contributed by atoms with E-state index >= 15 is 0 Å². The SMILES string of the molecule is O=C(CCN1CCCCC1)Nc1ccc(/C=C2\CCCn3c2nc2cc(NC(=O)CCN4CCCCC4)ccc2c3=O)cc1. The lowest BCUT2D eigenvalue weighted by molar-refractivity contribution is -0.117. The Morgan fingerprint density at radius 1 is 0.727 bits per heavy atom. The molecule has 0 bridgehead atoms. The molecule has 0 aliphatic carbocycles. The number of benzene rings is 2. The second kappa shape index (κ2) is 14.3. The number of likely N-dealkylation sites (tertiary alicyclic amines) is 2. The van der Waals surface area contributed by atoms with Crippen LogP contribution in [0, 0.1) is 0 Å². The van der Waals surface area contributed by atoms with Crippen molar-refractivity contribution in [2.75, 3.05) is 49.9 Å². The van der Waals surface area contributed by atoms with Crippen molar-refractivity contribution in [1.82, 2.24) is 19.4 Å². The molecule has 3 aromatic rings. The smallest absolute Gasteiger partial charge is 0.261 e. The number of hydrogen-bond donors (Lipinski definition) is 2. The maximum Gasteiger partial charge on any atom is 0.261 e. The van der Waals surface area contributed by atoms with Crippen molar-refractivity contribution in [2.24, 2.45) is 0 Å². The number of nitrogens with zero attached hydrogens (tertiary/aromatic N) is 4. The van der Waals surface area contributed by atoms with Gasteiger partial charge in [0.2, 0.25) is 11.8 Å². The molecular formula is C35H44N6O3. The number of carbonyl (C=O) groups excluding carboxylic acids is 2. The fourth-order valence-corrected chi connectivity index (χ4v) is 6.62. The average Bonchev–Trinajstić information content (AvgIpc) is 3.05. The van der Waals surface area contributed by atoms with Crippen LogP contribution in [0.25, 0.3) is 22.6 Å². The zero-order valence-electron chi connectivity index (χ0n) is 25.7. The zero-order valence-corrected chi connectivity index (χ0v) is 25.7. The highest BCUT2D eigenvalue weighted by Crippen LogP contribution is 2.28. The molecule has 1 aromatic heterocycles. The maximum atomic E-state index is 13.4. The van der Waals surface area contributed by atoms with Crippen molar-refractivity contribution in [3.8, 4) is 0 Å². The molecule has 9 nitrogen and oxygen atoms in total. The van der Waals surface area contributed by atoms with Crippen LogP contribution in [-0.4, -0.2) is 70.4 Å². The van der Waals surface area contributed by atoms with Gasteiger partial charge < -0.3 is 20.4 Å². The van der Waals surface area contributed by atoms with E-state index in [1.807, 2.05) is 30.3 Å². The number of anilines is 2. The number of piperidine rings is 2. The Morgan fingerprint density at radius 2 is 1.32 bits per heavy atom. The van der Waals surface area contributed by atoms with Crippen molar-refractivity contribution in [1.29, 1.82) is 0 Å². The number of rotatable bonds is 9. The van der Waals surface area contributed by atoms with Gasteiger partial charge in [-0.25, -0.2) is 4.98 Å². The van der Waals surface area contributed by atoms with Gasteiger partial charge in [0.15, 0.2) is 0 Å². The minimum atomic E-state index is -0.0545. The van der Waals surface area contributed by atoms with Gasteiger partial charge in [-0.3, -0.25) is 19.0 Å². The molecule has 0 spiro atoms. The number of nitrogens with one attached hydrogen (secondary N) is 2. The van der Waals surface area contributed by atoms with Crippen LogP contribution in [0.1, 0.15) is 75.6 Å². The summed E-state index contributed by atoms with van der Waals surface area (Å²) in [6, 6.07) is 13.2. The summed E-state index contributed by atoms with van der Waals surface area (Å²) in [7, 11) is 0. The van der Waals surface area contributed by atoms with Crippen LogP contribution < -0.4 is 16.2 Å². The first-order valence-corrected chi connectivity index (χ1v) is 16.4. The summed E-state index contributed by atoms with van der Waals surface area (Å²) >= 11 is 0. The largest absolute Gasteiger partial charge is 0.326 e. The van der Waals surface area contributed by atoms with Crippen LogP contribution in [0.5, 0.6) is 0 Å². The van der Waals surface area contributed by atoms with E-state index in [2.05, 4.69) is 26.5 Å². The normalized spacial score (nSPS) is 18.7. The van der Waals surface area contributed by atoms with Crippen LogP contribution >= 0.6 is 0 Å². The Kier molecular flexibility index (Phi) is 9.83. The van der Waals surface area contributed by atoms with Gasteiger partial charge in [-0.1, -0.05) is 25.0 Å². The number of fused-ring (bicyclic) bond motifs is 2. The van der Waals surface area contributed by atoms with Crippen LogP contribution in [-0.2, 0) is 16.1 Å². The Bertz CT molecular complexity index is 1570. The standard InChI is InChI=1S/C35H44N6O3/c42-32(15-22-39-17-3-1-4-18-39)36-28-11-9-26(10-12-28)24-27-8-7-21-41-34(27)38-31-25-29(13-14-30(31)35(41)44)37-33(43)16-23-40-19-5-2-6-20-40/h9-14,24-25H,1-8,15-23H2,(H,36,42)(H,37,43)/b27-24+. The van der Waals surface area contributed by atoms with E-state index in [0.717, 1.165) is 68.9 Å². The summed E-state index contributed by atoms with van der Waals surface area (Å²) in [5.74, 6) is 0.695. The van der Waals surface area contributed by atoms with Gasteiger partial charge in [0.05, 0.1) is 10.9 Å². The molecule has 4 heterocycles. The number of hydrogen-bond acceptors (Lipinski definition) is 6. The van der Waals surface area contributed by atoms with Gasteiger partial charge in [-0.05, 0) is 112 Å². The second-order valence-corrected chi connectivity index (χ2v) is 12.4. The highest BCUT2D eigenvalue weighted by atomic mass is 16.2. The Morgan fingerprint density at radius 3 is 1.95 bits per heavy atom. The van der Waals surface area contributed by atoms with E-state index < -0.39 is 0 Å². The summed E-state index contributed by atoms with van der Waals surface area (Å²) in [5, 5.41) is 6.59. The predicted octanol–water partition coefficient (Wildman–Crippen LogP) is 5.36. The van der Waals surface area contributed by atoms with Gasteiger partial charge in [-0.15, -0.1) is 0 Å². The van der Waals surface area contributed by atoms with Crippen molar-refractivity contribution in [3.63, 3.8) is 0 Å². The van der Waals surface area contributed by atoms with E-state index in [9.17, 15) is 14.4 Å². The molecule has 0 unspecified atom stereocenters. The summed E-state index contributed by atoms with van der Waals surface area (Å²) in [4.78, 5) is 48.3. The van der Waals surface area contributed by atoms with Gasteiger partial charge in [0.25, 0.3) is 5.56 Å².